The van der Waals surface area contributed by atoms with Gasteiger partial charge in [-0.2, -0.15) is 15.8 Å². The van der Waals surface area contributed by atoms with Crippen LogP contribution in [-0.4, -0.2) is 14.5 Å². The van der Waals surface area contributed by atoms with Crippen molar-refractivity contribution in [3.05, 3.63) is 191 Å². The van der Waals surface area contributed by atoms with Crippen LogP contribution in [0.1, 0.15) is 38.9 Å². The van der Waals surface area contributed by atoms with E-state index in [1.807, 2.05) is 103 Å². The molecule has 0 amide bonds. The molecule has 0 N–H and O–H groups in total. The van der Waals surface area contributed by atoms with Gasteiger partial charge in [-0.25, -0.2) is 0 Å². The van der Waals surface area contributed by atoms with E-state index < -0.39 is 5.41 Å². The minimum Gasteiger partial charge on any atom is -0.457 e. The topological polar surface area (TPSA) is 115 Å². The third-order valence-corrected chi connectivity index (χ3v) is 12.9. The van der Waals surface area contributed by atoms with Gasteiger partial charge in [-0.1, -0.05) is 60.3 Å². The van der Waals surface area contributed by atoms with E-state index in [1.54, 1.807) is 11.8 Å². The number of para-hydroxylation sites is 3. The van der Waals surface area contributed by atoms with Crippen LogP contribution < -0.4 is 9.64 Å². The summed E-state index contributed by atoms with van der Waals surface area (Å²) in [6.07, 6.45) is 3.82. The highest BCUT2D eigenvalue weighted by Crippen LogP contribution is 2.62. The Morgan fingerprint density at radius 3 is 1.68 bits per heavy atom. The maximum atomic E-state index is 9.86. The molecule has 3 aromatic heterocycles. The lowest BCUT2D eigenvalue weighted by Crippen LogP contribution is -2.32. The maximum Gasteiger partial charge on any atom is 0.132 e. The summed E-state index contributed by atoms with van der Waals surface area (Å²) in [5, 5.41) is 31.3. The first kappa shape index (κ1) is 33.0. The number of pyridine rings is 2. The Hall–Kier alpha value is -8.16. The van der Waals surface area contributed by atoms with Crippen LogP contribution in [-0.2, 0) is 5.41 Å². The lowest BCUT2D eigenvalue weighted by atomic mass is 9.66. The van der Waals surface area contributed by atoms with Crippen LogP contribution in [0.3, 0.4) is 0 Å². The molecule has 9 aromatic rings. The van der Waals surface area contributed by atoms with Gasteiger partial charge in [-0.15, -0.1) is 0 Å². The summed E-state index contributed by atoms with van der Waals surface area (Å²) in [6.45, 7) is 0. The third kappa shape index (κ3) is 4.46. The fourth-order valence-electron chi connectivity index (χ4n) is 9.37. The quantitative estimate of drug-likeness (QED) is 0.171. The van der Waals surface area contributed by atoms with Crippen molar-refractivity contribution in [1.29, 1.82) is 15.8 Å². The molecular weight excluding hydrogens is 747 g/mol. The molecule has 0 unspecified atom stereocenters. The Morgan fingerprint density at radius 1 is 0.508 bits per heavy atom. The van der Waals surface area contributed by atoms with E-state index >= 15 is 0 Å². The normalized spacial score (nSPS) is 13.5. The first-order chi connectivity index (χ1) is 29.1. The smallest absolute Gasteiger partial charge is 0.132 e. The number of fused-ring (bicyclic) bond motifs is 14. The first-order valence-corrected chi connectivity index (χ1v) is 19.8. The molecule has 2 aliphatic heterocycles. The molecule has 0 atom stereocenters. The average Bonchev–Trinajstić information content (AvgIpc) is 3.76. The molecule has 1 spiro atoms. The summed E-state index contributed by atoms with van der Waals surface area (Å²) in [5.74, 6) is 1.50. The number of rotatable bonds is 2. The highest BCUT2D eigenvalue weighted by atomic mass is 32.2. The zero-order chi connectivity index (χ0) is 39.4. The standard InChI is InChI=1S/C50H25N7OS/c51-24-29-13-16-40-34(19-29)35-20-30(25-52)14-17-41(35)56(40)32-22-38-48(54-27-32)49-39(50(38)36-7-1-4-10-44(36)58-45-11-5-2-8-37(45)50)23-33(28-55-49)57-42-9-3-6-12-46(42)59-47-21-31(26-53)15-18-43(47)57/h1-23,27-28H. The number of ether oxygens (including phenoxy) is 1. The van der Waals surface area contributed by atoms with Crippen LogP contribution >= 0.6 is 11.8 Å². The third-order valence-electron chi connectivity index (χ3n) is 11.8. The fourth-order valence-corrected chi connectivity index (χ4v) is 10.5. The van der Waals surface area contributed by atoms with E-state index in [0.29, 0.717) is 16.7 Å². The van der Waals surface area contributed by atoms with Crippen molar-refractivity contribution in [3.63, 3.8) is 0 Å². The maximum absolute atomic E-state index is 9.86. The van der Waals surface area contributed by atoms with Crippen LogP contribution in [0.5, 0.6) is 11.5 Å². The average molecular weight is 772 g/mol. The van der Waals surface area contributed by atoms with E-state index in [1.165, 1.54) is 0 Å². The van der Waals surface area contributed by atoms with Crippen molar-refractivity contribution in [3.8, 4) is 46.8 Å². The number of aromatic nitrogens is 3. The van der Waals surface area contributed by atoms with Crippen LogP contribution in [0, 0.1) is 34.0 Å². The van der Waals surface area contributed by atoms with Gasteiger partial charge in [0.1, 0.15) is 11.5 Å². The summed E-state index contributed by atoms with van der Waals surface area (Å²) in [6, 6.07) is 53.3. The molecule has 6 aromatic carbocycles. The summed E-state index contributed by atoms with van der Waals surface area (Å²) in [7, 11) is 0. The van der Waals surface area contributed by atoms with Gasteiger partial charge in [0, 0.05) is 42.8 Å². The van der Waals surface area contributed by atoms with Crippen LogP contribution in [0.4, 0.5) is 17.1 Å². The molecule has 0 saturated heterocycles. The molecule has 8 nitrogen and oxygen atoms in total. The number of hydrogen-bond acceptors (Lipinski definition) is 8. The predicted molar refractivity (Wildman–Crippen MR) is 227 cm³/mol. The van der Waals surface area contributed by atoms with Crippen LogP contribution in [0.15, 0.2) is 162 Å². The molecular formula is C50H25N7OS. The van der Waals surface area contributed by atoms with E-state index in [-0.39, 0.29) is 0 Å². The lowest BCUT2D eigenvalue weighted by Gasteiger charge is -2.39. The summed E-state index contributed by atoms with van der Waals surface area (Å²) >= 11 is 1.66. The summed E-state index contributed by atoms with van der Waals surface area (Å²) in [4.78, 5) is 14.9. The Labute approximate surface area is 342 Å². The second-order valence-corrected chi connectivity index (χ2v) is 15.8. The summed E-state index contributed by atoms with van der Waals surface area (Å²) < 4.78 is 8.85. The van der Waals surface area contributed by atoms with Gasteiger partial charge in [0.15, 0.2) is 0 Å². The van der Waals surface area contributed by atoms with E-state index in [4.69, 9.17) is 14.7 Å². The Morgan fingerprint density at radius 2 is 1.03 bits per heavy atom. The zero-order valence-corrected chi connectivity index (χ0v) is 31.7. The van der Waals surface area contributed by atoms with Crippen molar-refractivity contribution >= 4 is 50.6 Å². The Balaban J connectivity index is 1.16. The number of nitriles is 3. The van der Waals surface area contributed by atoms with Crippen molar-refractivity contribution in [2.24, 2.45) is 0 Å². The SMILES string of the molecule is N#Cc1ccc2c(c1)Sc1ccccc1N2c1cnc2c(c1)C1(c3ccccc3Oc3ccccc31)c1cc(-n3c4ccc(C#N)cc4c4cc(C#N)ccc43)cnc1-2. The zero-order valence-electron chi connectivity index (χ0n) is 30.9. The van der Waals surface area contributed by atoms with Gasteiger partial charge in [-0.3, -0.25) is 9.97 Å². The van der Waals surface area contributed by atoms with Gasteiger partial charge >= 0.3 is 0 Å². The number of nitrogens with zero attached hydrogens (tertiary/aromatic N) is 7. The molecule has 5 heterocycles. The lowest BCUT2D eigenvalue weighted by molar-refractivity contribution is 0.436. The van der Waals surface area contributed by atoms with Gasteiger partial charge in [0.25, 0.3) is 0 Å². The van der Waals surface area contributed by atoms with Crippen molar-refractivity contribution < 1.29 is 4.74 Å². The molecule has 0 bridgehead atoms. The summed E-state index contributed by atoms with van der Waals surface area (Å²) in [5.41, 5.74) is 11.7. The molecule has 9 heteroatoms. The Bertz CT molecular complexity index is 3360. The minimum absolute atomic E-state index is 0.542. The van der Waals surface area contributed by atoms with Gasteiger partial charge < -0.3 is 14.2 Å². The second kappa shape index (κ2) is 12.2. The molecule has 59 heavy (non-hydrogen) atoms. The minimum atomic E-state index is -0.889. The monoisotopic (exact) mass is 771 g/mol. The first-order valence-electron chi connectivity index (χ1n) is 19.0. The number of hydrogen-bond donors (Lipinski definition) is 0. The van der Waals surface area contributed by atoms with Crippen LogP contribution in [0.25, 0.3) is 38.9 Å². The highest BCUT2D eigenvalue weighted by molar-refractivity contribution is 7.99. The molecule has 272 valence electrons. The van der Waals surface area contributed by atoms with Crippen molar-refractivity contribution in [1.82, 2.24) is 14.5 Å². The second-order valence-electron chi connectivity index (χ2n) is 14.7. The molecule has 3 aliphatic rings. The fraction of sp³-hybridized carbons (Fsp3) is 0.0200. The predicted octanol–water partition coefficient (Wildman–Crippen LogP) is 11.6. The van der Waals surface area contributed by atoms with Crippen molar-refractivity contribution in [2.75, 3.05) is 4.90 Å². The highest BCUT2D eigenvalue weighted by Gasteiger charge is 2.53. The largest absolute Gasteiger partial charge is 0.457 e. The van der Waals surface area contributed by atoms with Crippen molar-refractivity contribution in [2.45, 2.75) is 15.2 Å². The van der Waals surface area contributed by atoms with Gasteiger partial charge in [0.05, 0.1) is 97.9 Å². The molecule has 0 saturated carbocycles. The molecule has 0 fully saturated rings. The van der Waals surface area contributed by atoms with E-state index in [9.17, 15) is 15.8 Å². The van der Waals surface area contributed by atoms with E-state index in [0.717, 1.165) is 99.5 Å². The molecule has 1 aliphatic carbocycles. The number of benzene rings is 6. The van der Waals surface area contributed by atoms with Crippen LogP contribution in [0.2, 0.25) is 0 Å². The Kier molecular flexibility index (Phi) is 6.81. The van der Waals surface area contributed by atoms with Gasteiger partial charge in [0.2, 0.25) is 0 Å². The van der Waals surface area contributed by atoms with Gasteiger partial charge in [-0.05, 0) is 91.0 Å². The van der Waals surface area contributed by atoms with E-state index in [2.05, 4.69) is 76.2 Å². The molecule has 0 radical (unpaired) electrons. The number of anilines is 3. The molecule has 12 rings (SSSR count).